The number of nitrogens with zero attached hydrogens (tertiary/aromatic N) is 1. The molecular weight excluding hydrogens is 332 g/mol. The summed E-state index contributed by atoms with van der Waals surface area (Å²) in [7, 11) is 3.12. The number of rotatable bonds is 6. The summed E-state index contributed by atoms with van der Waals surface area (Å²) in [6.45, 7) is 3.83. The van der Waals surface area contributed by atoms with Crippen LogP contribution in [-0.2, 0) is 11.3 Å². The van der Waals surface area contributed by atoms with Gasteiger partial charge in [-0.25, -0.2) is 0 Å². The molecule has 1 fully saturated rings. The molecule has 6 nitrogen and oxygen atoms in total. The molecule has 0 atom stereocenters. The van der Waals surface area contributed by atoms with Crippen molar-refractivity contribution in [3.63, 3.8) is 0 Å². The predicted octanol–water partition coefficient (Wildman–Crippen LogP) is 2.47. The highest BCUT2D eigenvalue weighted by atomic mass is 16.5. The summed E-state index contributed by atoms with van der Waals surface area (Å²) in [5.74, 6) is 0.987. The molecule has 1 saturated heterocycles. The Morgan fingerprint density at radius 3 is 2.38 bits per heavy atom. The standard InChI is InChI=1S/C20H24N2O4/c1-24-18-8-5-16(13-19(18)25-2)20(23)21-14-15-3-6-17(7-4-15)22-9-11-26-12-10-22/h3-8,13H,9-12,14H2,1-2H3,(H,21,23). The van der Waals surface area contributed by atoms with Crippen LogP contribution in [0.3, 0.4) is 0 Å². The third kappa shape index (κ3) is 4.26. The van der Waals surface area contributed by atoms with Crippen molar-refractivity contribution >= 4 is 11.6 Å². The lowest BCUT2D eigenvalue weighted by Gasteiger charge is -2.28. The zero-order chi connectivity index (χ0) is 18.4. The van der Waals surface area contributed by atoms with Crippen LogP contribution in [0.25, 0.3) is 0 Å². The maximum Gasteiger partial charge on any atom is 0.251 e. The second kappa shape index (κ2) is 8.58. The summed E-state index contributed by atoms with van der Waals surface area (Å²) in [5, 5.41) is 2.93. The molecule has 1 amide bonds. The first-order valence-corrected chi connectivity index (χ1v) is 8.63. The normalized spacial score (nSPS) is 14.0. The maximum atomic E-state index is 12.4. The first-order chi connectivity index (χ1) is 12.7. The van der Waals surface area contributed by atoms with E-state index in [-0.39, 0.29) is 5.91 Å². The van der Waals surface area contributed by atoms with E-state index in [1.54, 1.807) is 32.4 Å². The first kappa shape index (κ1) is 18.1. The van der Waals surface area contributed by atoms with Gasteiger partial charge in [0, 0.05) is 30.9 Å². The van der Waals surface area contributed by atoms with Gasteiger partial charge in [0.1, 0.15) is 0 Å². The fourth-order valence-electron chi connectivity index (χ4n) is 2.91. The summed E-state index contributed by atoms with van der Waals surface area (Å²) in [6.07, 6.45) is 0. The molecule has 0 aliphatic carbocycles. The number of benzene rings is 2. The van der Waals surface area contributed by atoms with E-state index in [2.05, 4.69) is 22.3 Å². The number of nitrogens with one attached hydrogen (secondary N) is 1. The van der Waals surface area contributed by atoms with Crippen molar-refractivity contribution in [1.29, 1.82) is 0 Å². The average molecular weight is 356 g/mol. The van der Waals surface area contributed by atoms with Crippen molar-refractivity contribution in [2.45, 2.75) is 6.54 Å². The largest absolute Gasteiger partial charge is 0.493 e. The fourth-order valence-corrected chi connectivity index (χ4v) is 2.91. The quantitative estimate of drug-likeness (QED) is 0.862. The van der Waals surface area contributed by atoms with Crippen LogP contribution in [0.2, 0.25) is 0 Å². The first-order valence-electron chi connectivity index (χ1n) is 8.63. The van der Waals surface area contributed by atoms with Crippen LogP contribution in [0.15, 0.2) is 42.5 Å². The van der Waals surface area contributed by atoms with Gasteiger partial charge in [0.25, 0.3) is 5.91 Å². The number of anilines is 1. The summed E-state index contributed by atoms with van der Waals surface area (Å²) in [6, 6.07) is 13.4. The Morgan fingerprint density at radius 1 is 1.04 bits per heavy atom. The number of methoxy groups -OCH3 is 2. The molecule has 26 heavy (non-hydrogen) atoms. The van der Waals surface area contributed by atoms with Gasteiger partial charge < -0.3 is 24.4 Å². The van der Waals surface area contributed by atoms with Gasteiger partial charge in [0.15, 0.2) is 11.5 Å². The molecule has 0 saturated carbocycles. The van der Waals surface area contributed by atoms with E-state index in [1.165, 1.54) is 5.69 Å². The number of ether oxygens (including phenoxy) is 3. The monoisotopic (exact) mass is 356 g/mol. The summed E-state index contributed by atoms with van der Waals surface area (Å²) in [4.78, 5) is 14.7. The molecule has 0 radical (unpaired) electrons. The van der Waals surface area contributed by atoms with Crippen molar-refractivity contribution < 1.29 is 19.0 Å². The molecule has 3 rings (SSSR count). The van der Waals surface area contributed by atoms with E-state index in [0.29, 0.717) is 23.6 Å². The number of carbonyl (C=O) groups excluding carboxylic acids is 1. The Morgan fingerprint density at radius 2 is 1.73 bits per heavy atom. The Balaban J connectivity index is 1.59. The van der Waals surface area contributed by atoms with Gasteiger partial charge in [-0.15, -0.1) is 0 Å². The SMILES string of the molecule is COc1ccc(C(=O)NCc2ccc(N3CCOCC3)cc2)cc1OC. The van der Waals surface area contributed by atoms with Crippen molar-refractivity contribution in [2.75, 3.05) is 45.4 Å². The second-order valence-electron chi connectivity index (χ2n) is 6.02. The van der Waals surface area contributed by atoms with Gasteiger partial charge >= 0.3 is 0 Å². The Kier molecular flexibility index (Phi) is 5.96. The lowest BCUT2D eigenvalue weighted by Crippen LogP contribution is -2.36. The van der Waals surface area contributed by atoms with E-state index >= 15 is 0 Å². The lowest BCUT2D eigenvalue weighted by molar-refractivity contribution is 0.0950. The minimum Gasteiger partial charge on any atom is -0.493 e. The fraction of sp³-hybridized carbons (Fsp3) is 0.350. The Hall–Kier alpha value is -2.73. The van der Waals surface area contributed by atoms with Crippen LogP contribution >= 0.6 is 0 Å². The van der Waals surface area contributed by atoms with E-state index in [1.807, 2.05) is 12.1 Å². The van der Waals surface area contributed by atoms with Crippen LogP contribution in [0.5, 0.6) is 11.5 Å². The van der Waals surface area contributed by atoms with Crippen LogP contribution in [0.1, 0.15) is 15.9 Å². The molecule has 1 heterocycles. The van der Waals surface area contributed by atoms with Crippen molar-refractivity contribution in [3.05, 3.63) is 53.6 Å². The van der Waals surface area contributed by atoms with E-state index in [0.717, 1.165) is 31.9 Å². The second-order valence-corrected chi connectivity index (χ2v) is 6.02. The number of hydrogen-bond acceptors (Lipinski definition) is 5. The molecule has 6 heteroatoms. The molecular formula is C20H24N2O4. The van der Waals surface area contributed by atoms with Crippen molar-refractivity contribution in [1.82, 2.24) is 5.32 Å². The van der Waals surface area contributed by atoms with Gasteiger partial charge in [-0.1, -0.05) is 12.1 Å². The van der Waals surface area contributed by atoms with E-state index < -0.39 is 0 Å². The molecule has 1 aliphatic heterocycles. The Labute approximate surface area is 153 Å². The highest BCUT2D eigenvalue weighted by molar-refractivity contribution is 5.94. The molecule has 1 N–H and O–H groups in total. The van der Waals surface area contributed by atoms with Gasteiger partial charge in [-0.05, 0) is 35.9 Å². The molecule has 0 spiro atoms. The molecule has 138 valence electrons. The van der Waals surface area contributed by atoms with Crippen LogP contribution in [0, 0.1) is 0 Å². The molecule has 0 aromatic heterocycles. The third-order valence-corrected chi connectivity index (χ3v) is 4.41. The van der Waals surface area contributed by atoms with Crippen LogP contribution in [0.4, 0.5) is 5.69 Å². The molecule has 2 aromatic carbocycles. The van der Waals surface area contributed by atoms with Crippen molar-refractivity contribution in [2.24, 2.45) is 0 Å². The van der Waals surface area contributed by atoms with Gasteiger partial charge in [-0.3, -0.25) is 4.79 Å². The van der Waals surface area contributed by atoms with E-state index in [4.69, 9.17) is 14.2 Å². The molecule has 0 bridgehead atoms. The summed E-state index contributed by atoms with van der Waals surface area (Å²) < 4.78 is 15.8. The van der Waals surface area contributed by atoms with Crippen molar-refractivity contribution in [3.8, 4) is 11.5 Å². The highest BCUT2D eigenvalue weighted by Gasteiger charge is 2.12. The summed E-state index contributed by atoms with van der Waals surface area (Å²) >= 11 is 0. The Bertz CT molecular complexity index is 740. The minimum atomic E-state index is -0.150. The van der Waals surface area contributed by atoms with E-state index in [9.17, 15) is 4.79 Å². The molecule has 0 unspecified atom stereocenters. The smallest absolute Gasteiger partial charge is 0.251 e. The maximum absolute atomic E-state index is 12.4. The van der Waals surface area contributed by atoms with Gasteiger partial charge in [0.05, 0.1) is 27.4 Å². The number of morpholine rings is 1. The molecule has 2 aromatic rings. The van der Waals surface area contributed by atoms with Crippen LogP contribution < -0.4 is 19.7 Å². The number of hydrogen-bond donors (Lipinski definition) is 1. The zero-order valence-corrected chi connectivity index (χ0v) is 15.2. The minimum absolute atomic E-state index is 0.150. The van der Waals surface area contributed by atoms with Gasteiger partial charge in [-0.2, -0.15) is 0 Å². The zero-order valence-electron chi connectivity index (χ0n) is 15.2. The molecule has 1 aliphatic rings. The highest BCUT2D eigenvalue weighted by Crippen LogP contribution is 2.27. The topological polar surface area (TPSA) is 60.0 Å². The summed E-state index contributed by atoms with van der Waals surface area (Å²) in [5.41, 5.74) is 2.77. The average Bonchev–Trinajstić information content (AvgIpc) is 2.72. The van der Waals surface area contributed by atoms with Gasteiger partial charge in [0.2, 0.25) is 0 Å². The third-order valence-electron chi connectivity index (χ3n) is 4.41. The van der Waals surface area contributed by atoms with Crippen LogP contribution in [-0.4, -0.2) is 46.4 Å². The number of amides is 1. The predicted molar refractivity (Wildman–Crippen MR) is 100 cm³/mol. The number of carbonyl (C=O) groups is 1. The lowest BCUT2D eigenvalue weighted by atomic mass is 10.1.